The van der Waals surface area contributed by atoms with E-state index >= 15 is 0 Å². The zero-order valence-electron chi connectivity index (χ0n) is 13.4. The molecule has 2 aliphatic rings. The summed E-state index contributed by atoms with van der Waals surface area (Å²) in [5, 5.41) is 3.71. The molecule has 4 atom stereocenters. The summed E-state index contributed by atoms with van der Waals surface area (Å²) < 4.78 is 5.76. The van der Waals surface area contributed by atoms with E-state index in [4.69, 9.17) is 4.74 Å². The Balaban J connectivity index is 2.07. The Morgan fingerprint density at radius 2 is 2.00 bits per heavy atom. The summed E-state index contributed by atoms with van der Waals surface area (Å²) in [4.78, 5) is 2.62. The van der Waals surface area contributed by atoms with Crippen LogP contribution in [0.15, 0.2) is 0 Å². The minimum atomic E-state index is 0.386. The molecule has 0 aromatic heterocycles. The highest BCUT2D eigenvalue weighted by Gasteiger charge is 2.40. The second kappa shape index (κ2) is 6.11. The molecular weight excluding hydrogens is 236 g/mol. The minimum Gasteiger partial charge on any atom is -0.377 e. The Labute approximate surface area is 119 Å². The second-order valence-electron chi connectivity index (χ2n) is 7.24. The molecule has 3 nitrogen and oxygen atoms in total. The van der Waals surface area contributed by atoms with Crippen molar-refractivity contribution < 1.29 is 4.74 Å². The number of ether oxygens (including phenoxy) is 1. The summed E-state index contributed by atoms with van der Waals surface area (Å²) in [5.41, 5.74) is 0.480. The molecule has 0 aromatic rings. The predicted octanol–water partition coefficient (Wildman–Crippen LogP) is 2.65. The molecule has 1 N–H and O–H groups in total. The zero-order valence-corrected chi connectivity index (χ0v) is 13.4. The molecule has 112 valence electrons. The number of hydrogen-bond acceptors (Lipinski definition) is 3. The number of likely N-dealkylation sites (N-methyl/N-ethyl adjacent to an activating group) is 2. The van der Waals surface area contributed by atoms with Crippen LogP contribution in [0, 0.1) is 5.41 Å². The van der Waals surface area contributed by atoms with E-state index in [9.17, 15) is 0 Å². The molecule has 3 heteroatoms. The molecule has 0 aromatic carbocycles. The van der Waals surface area contributed by atoms with Crippen LogP contribution < -0.4 is 5.32 Å². The van der Waals surface area contributed by atoms with Gasteiger partial charge in [0.1, 0.15) is 0 Å². The van der Waals surface area contributed by atoms with E-state index in [1.54, 1.807) is 0 Å². The average molecular weight is 268 g/mol. The molecule has 1 saturated heterocycles. The van der Waals surface area contributed by atoms with Crippen LogP contribution in [0.2, 0.25) is 0 Å². The third-order valence-corrected chi connectivity index (χ3v) is 5.21. The lowest BCUT2D eigenvalue weighted by atomic mass is 9.72. The van der Waals surface area contributed by atoms with Gasteiger partial charge >= 0.3 is 0 Å². The minimum absolute atomic E-state index is 0.386. The van der Waals surface area contributed by atoms with Gasteiger partial charge < -0.3 is 10.1 Å². The molecule has 0 radical (unpaired) electrons. The van der Waals surface area contributed by atoms with Gasteiger partial charge in [-0.15, -0.1) is 0 Å². The summed E-state index contributed by atoms with van der Waals surface area (Å²) in [5.74, 6) is 0. The lowest BCUT2D eigenvalue weighted by Gasteiger charge is -2.47. The van der Waals surface area contributed by atoms with E-state index in [0.29, 0.717) is 29.6 Å². The molecule has 1 aliphatic carbocycles. The number of rotatable bonds is 4. The molecule has 2 fully saturated rings. The van der Waals surface area contributed by atoms with Crippen molar-refractivity contribution in [1.82, 2.24) is 10.2 Å². The van der Waals surface area contributed by atoms with Crippen LogP contribution in [0.4, 0.5) is 0 Å². The van der Waals surface area contributed by atoms with E-state index in [1.165, 1.54) is 25.7 Å². The van der Waals surface area contributed by atoms with Gasteiger partial charge in [-0.1, -0.05) is 20.8 Å². The smallest absolute Gasteiger partial charge is 0.0703 e. The first-order valence-corrected chi connectivity index (χ1v) is 8.01. The number of hydrogen-bond donors (Lipinski definition) is 1. The Morgan fingerprint density at radius 3 is 2.58 bits per heavy atom. The standard InChI is InChI=1S/C16H32N2O/c1-6-17-13-7-9-16(3,4)11-15(13)18(5)14-8-10-19-12(14)2/h12-15,17H,6-11H2,1-5H3. The zero-order chi connectivity index (χ0) is 14.0. The third kappa shape index (κ3) is 3.50. The van der Waals surface area contributed by atoms with Gasteiger partial charge in [-0.2, -0.15) is 0 Å². The van der Waals surface area contributed by atoms with Gasteiger partial charge in [-0.25, -0.2) is 0 Å². The highest BCUT2D eigenvalue weighted by Crippen LogP contribution is 2.38. The summed E-state index contributed by atoms with van der Waals surface area (Å²) in [6.07, 6.45) is 5.51. The van der Waals surface area contributed by atoms with Gasteiger partial charge in [0.05, 0.1) is 6.10 Å². The van der Waals surface area contributed by atoms with Crippen molar-refractivity contribution in [3.8, 4) is 0 Å². The molecule has 1 heterocycles. The Hall–Kier alpha value is -0.120. The predicted molar refractivity (Wildman–Crippen MR) is 80.5 cm³/mol. The molecule has 4 unspecified atom stereocenters. The maximum absolute atomic E-state index is 5.76. The first-order chi connectivity index (χ1) is 8.94. The fraction of sp³-hybridized carbons (Fsp3) is 1.00. The lowest BCUT2D eigenvalue weighted by Crippen LogP contribution is -2.57. The fourth-order valence-corrected chi connectivity index (χ4v) is 3.98. The van der Waals surface area contributed by atoms with Crippen LogP contribution in [0.1, 0.15) is 53.4 Å². The molecular formula is C16H32N2O. The Bertz CT molecular complexity index is 292. The van der Waals surface area contributed by atoms with Crippen LogP contribution in [-0.2, 0) is 4.74 Å². The van der Waals surface area contributed by atoms with Crippen LogP contribution in [0.25, 0.3) is 0 Å². The molecule has 0 amide bonds. The summed E-state index contributed by atoms with van der Waals surface area (Å²) in [6, 6.07) is 1.90. The Kier molecular flexibility index (Phi) is 4.91. The van der Waals surface area contributed by atoms with Crippen LogP contribution in [-0.4, -0.2) is 49.3 Å². The van der Waals surface area contributed by atoms with Gasteiger partial charge in [0.15, 0.2) is 0 Å². The van der Waals surface area contributed by atoms with Gasteiger partial charge in [-0.05, 0) is 51.6 Å². The highest BCUT2D eigenvalue weighted by atomic mass is 16.5. The summed E-state index contributed by atoms with van der Waals surface area (Å²) in [6.45, 7) is 11.3. The monoisotopic (exact) mass is 268 g/mol. The fourth-order valence-electron chi connectivity index (χ4n) is 3.98. The molecule has 0 bridgehead atoms. The average Bonchev–Trinajstić information content (AvgIpc) is 2.77. The molecule has 2 rings (SSSR count). The highest BCUT2D eigenvalue weighted by molar-refractivity contribution is 4.96. The van der Waals surface area contributed by atoms with Crippen molar-refractivity contribution in [2.45, 2.75) is 77.6 Å². The molecule has 19 heavy (non-hydrogen) atoms. The van der Waals surface area contributed by atoms with Crippen molar-refractivity contribution in [3.05, 3.63) is 0 Å². The second-order valence-corrected chi connectivity index (χ2v) is 7.24. The van der Waals surface area contributed by atoms with E-state index in [-0.39, 0.29) is 0 Å². The van der Waals surface area contributed by atoms with Crippen molar-refractivity contribution in [2.75, 3.05) is 20.2 Å². The van der Waals surface area contributed by atoms with Gasteiger partial charge in [0.25, 0.3) is 0 Å². The van der Waals surface area contributed by atoms with E-state index in [0.717, 1.165) is 13.2 Å². The quantitative estimate of drug-likeness (QED) is 0.848. The summed E-state index contributed by atoms with van der Waals surface area (Å²) in [7, 11) is 2.31. The normalized spacial score (nSPS) is 38.8. The van der Waals surface area contributed by atoms with Crippen molar-refractivity contribution >= 4 is 0 Å². The van der Waals surface area contributed by atoms with Crippen LogP contribution in [0.3, 0.4) is 0 Å². The maximum atomic E-state index is 5.76. The molecule has 0 spiro atoms. The van der Waals surface area contributed by atoms with E-state index in [1.807, 2.05) is 0 Å². The van der Waals surface area contributed by atoms with E-state index in [2.05, 4.69) is 45.0 Å². The maximum Gasteiger partial charge on any atom is 0.0703 e. The van der Waals surface area contributed by atoms with Gasteiger partial charge in [-0.3, -0.25) is 4.90 Å². The van der Waals surface area contributed by atoms with Crippen molar-refractivity contribution in [1.29, 1.82) is 0 Å². The number of nitrogens with zero attached hydrogens (tertiary/aromatic N) is 1. The molecule has 1 saturated carbocycles. The van der Waals surface area contributed by atoms with Crippen LogP contribution in [0.5, 0.6) is 0 Å². The molecule has 1 aliphatic heterocycles. The number of nitrogens with one attached hydrogen (secondary N) is 1. The Morgan fingerprint density at radius 1 is 1.26 bits per heavy atom. The van der Waals surface area contributed by atoms with Crippen molar-refractivity contribution in [3.63, 3.8) is 0 Å². The topological polar surface area (TPSA) is 24.5 Å². The first-order valence-electron chi connectivity index (χ1n) is 8.01. The third-order valence-electron chi connectivity index (χ3n) is 5.21. The van der Waals surface area contributed by atoms with E-state index < -0.39 is 0 Å². The lowest BCUT2D eigenvalue weighted by molar-refractivity contribution is 0.0240. The van der Waals surface area contributed by atoms with Crippen molar-refractivity contribution in [2.24, 2.45) is 5.41 Å². The largest absolute Gasteiger partial charge is 0.377 e. The van der Waals surface area contributed by atoms with Gasteiger partial charge in [0.2, 0.25) is 0 Å². The summed E-state index contributed by atoms with van der Waals surface area (Å²) >= 11 is 0. The SMILES string of the molecule is CCNC1CCC(C)(C)CC1N(C)C1CCOC1C. The first kappa shape index (κ1) is 15.3. The van der Waals surface area contributed by atoms with Crippen LogP contribution >= 0.6 is 0 Å². The van der Waals surface area contributed by atoms with Gasteiger partial charge in [0, 0.05) is 24.7 Å².